The van der Waals surface area contributed by atoms with Crippen LogP contribution in [0.3, 0.4) is 0 Å². The molecule has 4 aromatic rings. The molecule has 3 nitrogen and oxygen atoms in total. The first-order chi connectivity index (χ1) is 13.6. The fourth-order valence-corrected chi connectivity index (χ4v) is 4.22. The normalized spacial score (nSPS) is 13.8. The summed E-state index contributed by atoms with van der Waals surface area (Å²) in [7, 11) is 0. The van der Waals surface area contributed by atoms with Crippen LogP contribution in [0.5, 0.6) is 0 Å². The summed E-state index contributed by atoms with van der Waals surface area (Å²) in [5, 5.41) is 0.506. The van der Waals surface area contributed by atoms with Crippen molar-refractivity contribution in [2.24, 2.45) is 0 Å². The van der Waals surface area contributed by atoms with Gasteiger partial charge in [0.25, 0.3) is 0 Å². The highest BCUT2D eigenvalue weighted by atomic mass is 35.5. The van der Waals surface area contributed by atoms with Crippen molar-refractivity contribution in [2.75, 3.05) is 0 Å². The second kappa shape index (κ2) is 6.25. The Hall–Kier alpha value is -3.04. The van der Waals surface area contributed by atoms with Crippen LogP contribution in [0.4, 0.5) is 0 Å². The number of halogens is 1. The molecule has 0 radical (unpaired) electrons. The van der Waals surface area contributed by atoms with E-state index in [-0.39, 0.29) is 5.41 Å². The Morgan fingerprint density at radius 1 is 0.786 bits per heavy atom. The minimum Gasteiger partial charge on any atom is -0.256 e. The molecule has 0 spiro atoms. The first-order valence-corrected chi connectivity index (χ1v) is 9.63. The average Bonchev–Trinajstić information content (AvgIpc) is 2.97. The van der Waals surface area contributed by atoms with Crippen LogP contribution in [0.15, 0.2) is 72.9 Å². The molecule has 1 aliphatic carbocycles. The van der Waals surface area contributed by atoms with E-state index in [0.717, 1.165) is 33.6 Å². The summed E-state index contributed by atoms with van der Waals surface area (Å²) in [6.07, 6.45) is 1.80. The van der Waals surface area contributed by atoms with Crippen molar-refractivity contribution in [1.29, 1.82) is 0 Å². The Labute approximate surface area is 169 Å². The fraction of sp³-hybridized carbons (Fsp3) is 0.125. The summed E-state index contributed by atoms with van der Waals surface area (Å²) in [5.74, 6) is 0.650. The molecular weight excluding hydrogens is 366 g/mol. The van der Waals surface area contributed by atoms with Crippen LogP contribution in [0, 0.1) is 0 Å². The van der Waals surface area contributed by atoms with Gasteiger partial charge in [-0.05, 0) is 23.3 Å². The quantitative estimate of drug-likeness (QED) is 0.389. The van der Waals surface area contributed by atoms with Gasteiger partial charge in [0.05, 0.1) is 11.4 Å². The standard InChI is InChI=1S/C24H18ClN3/c1-24(2)18-8-4-3-7-17(18)20-21(24)27-23(28-22(20)25)16-12-10-15(11-13-16)19-9-5-6-14-26-19/h3-14H,1-2H3. The SMILES string of the molecule is CC1(C)c2ccccc2-c2c(Cl)nc(-c3ccc(-c4ccccn4)cc3)nc21. The number of hydrogen-bond acceptors (Lipinski definition) is 3. The molecule has 0 aliphatic heterocycles. The van der Waals surface area contributed by atoms with E-state index in [1.807, 2.05) is 48.5 Å². The lowest BCUT2D eigenvalue weighted by molar-refractivity contribution is 0.636. The molecule has 2 heterocycles. The zero-order valence-corrected chi connectivity index (χ0v) is 16.4. The van der Waals surface area contributed by atoms with Crippen molar-refractivity contribution >= 4 is 11.6 Å². The third kappa shape index (κ3) is 2.54. The van der Waals surface area contributed by atoms with Gasteiger partial charge in [-0.3, -0.25) is 4.98 Å². The third-order valence-corrected chi connectivity index (χ3v) is 5.70. The smallest absolute Gasteiger partial charge is 0.161 e. The van der Waals surface area contributed by atoms with Crippen LogP contribution in [0.1, 0.15) is 25.1 Å². The highest BCUT2D eigenvalue weighted by Crippen LogP contribution is 2.50. The predicted molar refractivity (Wildman–Crippen MR) is 113 cm³/mol. The van der Waals surface area contributed by atoms with Gasteiger partial charge in [0.2, 0.25) is 0 Å². The minimum absolute atomic E-state index is 0.207. The number of hydrogen-bond donors (Lipinski definition) is 0. The summed E-state index contributed by atoms with van der Waals surface area (Å²) in [6.45, 7) is 4.38. The Morgan fingerprint density at radius 2 is 1.50 bits per heavy atom. The van der Waals surface area contributed by atoms with E-state index in [2.05, 4.69) is 42.0 Å². The molecule has 0 unspecified atom stereocenters. The van der Waals surface area contributed by atoms with Crippen molar-refractivity contribution in [3.8, 4) is 33.8 Å². The first kappa shape index (κ1) is 17.1. The molecule has 0 amide bonds. The predicted octanol–water partition coefficient (Wildman–Crippen LogP) is 6.17. The maximum atomic E-state index is 6.65. The lowest BCUT2D eigenvalue weighted by Crippen LogP contribution is -2.17. The van der Waals surface area contributed by atoms with Crippen LogP contribution < -0.4 is 0 Å². The van der Waals surface area contributed by atoms with Gasteiger partial charge in [0.15, 0.2) is 5.82 Å². The summed E-state index contributed by atoms with van der Waals surface area (Å²) in [4.78, 5) is 14.0. The highest BCUT2D eigenvalue weighted by Gasteiger charge is 2.39. The van der Waals surface area contributed by atoms with Crippen LogP contribution >= 0.6 is 11.6 Å². The molecular formula is C24H18ClN3. The molecule has 0 N–H and O–H groups in total. The highest BCUT2D eigenvalue weighted by molar-refractivity contribution is 6.32. The topological polar surface area (TPSA) is 38.7 Å². The van der Waals surface area contributed by atoms with Gasteiger partial charge in [-0.15, -0.1) is 0 Å². The second-order valence-electron chi connectivity index (χ2n) is 7.52. The molecule has 0 atom stereocenters. The van der Waals surface area contributed by atoms with Gasteiger partial charge in [0.1, 0.15) is 5.15 Å². The van der Waals surface area contributed by atoms with E-state index < -0.39 is 0 Å². The van der Waals surface area contributed by atoms with Crippen LogP contribution in [0.25, 0.3) is 33.8 Å². The van der Waals surface area contributed by atoms with Crippen molar-refractivity contribution in [1.82, 2.24) is 15.0 Å². The lowest BCUT2D eigenvalue weighted by atomic mass is 9.85. The van der Waals surface area contributed by atoms with Gasteiger partial charge >= 0.3 is 0 Å². The lowest BCUT2D eigenvalue weighted by Gasteiger charge is -2.20. The number of aromatic nitrogens is 3. The molecule has 0 fully saturated rings. The monoisotopic (exact) mass is 383 g/mol. The summed E-state index contributed by atoms with van der Waals surface area (Å²) < 4.78 is 0. The zero-order valence-electron chi connectivity index (χ0n) is 15.6. The molecule has 0 saturated carbocycles. The summed E-state index contributed by atoms with van der Waals surface area (Å²) in [5.41, 5.74) is 7.04. The summed E-state index contributed by atoms with van der Waals surface area (Å²) >= 11 is 6.65. The van der Waals surface area contributed by atoms with E-state index in [0.29, 0.717) is 11.0 Å². The molecule has 0 bridgehead atoms. The van der Waals surface area contributed by atoms with Crippen molar-refractivity contribution in [2.45, 2.75) is 19.3 Å². The molecule has 2 aromatic heterocycles. The van der Waals surface area contributed by atoms with Gasteiger partial charge in [-0.25, -0.2) is 9.97 Å². The van der Waals surface area contributed by atoms with Crippen molar-refractivity contribution in [3.63, 3.8) is 0 Å². The van der Waals surface area contributed by atoms with Crippen LogP contribution in [-0.4, -0.2) is 15.0 Å². The fourth-order valence-electron chi connectivity index (χ4n) is 3.95. The van der Waals surface area contributed by atoms with E-state index in [9.17, 15) is 0 Å². The zero-order chi connectivity index (χ0) is 19.3. The van der Waals surface area contributed by atoms with Crippen molar-refractivity contribution in [3.05, 3.63) is 89.3 Å². The van der Waals surface area contributed by atoms with Crippen LogP contribution in [0.2, 0.25) is 5.15 Å². The number of rotatable bonds is 2. The maximum absolute atomic E-state index is 6.65. The average molecular weight is 384 g/mol. The van der Waals surface area contributed by atoms with Gasteiger partial charge in [-0.2, -0.15) is 0 Å². The Kier molecular flexibility index (Phi) is 3.81. The van der Waals surface area contributed by atoms with E-state index in [4.69, 9.17) is 16.6 Å². The van der Waals surface area contributed by atoms with E-state index in [1.165, 1.54) is 5.56 Å². The number of pyridine rings is 1. The Balaban J connectivity index is 1.61. The van der Waals surface area contributed by atoms with Crippen LogP contribution in [-0.2, 0) is 5.41 Å². The van der Waals surface area contributed by atoms with E-state index >= 15 is 0 Å². The Morgan fingerprint density at radius 3 is 2.25 bits per heavy atom. The molecule has 5 rings (SSSR count). The third-order valence-electron chi connectivity index (χ3n) is 5.43. The molecule has 136 valence electrons. The molecule has 28 heavy (non-hydrogen) atoms. The van der Waals surface area contributed by atoms with Gasteiger partial charge < -0.3 is 0 Å². The summed E-state index contributed by atoms with van der Waals surface area (Å²) in [6, 6.07) is 22.4. The number of nitrogens with zero attached hydrogens (tertiary/aromatic N) is 3. The number of benzene rings is 2. The van der Waals surface area contributed by atoms with E-state index in [1.54, 1.807) is 6.20 Å². The van der Waals surface area contributed by atoms with Gasteiger partial charge in [-0.1, -0.05) is 80.0 Å². The largest absolute Gasteiger partial charge is 0.256 e. The van der Waals surface area contributed by atoms with Gasteiger partial charge in [0, 0.05) is 28.3 Å². The molecule has 2 aromatic carbocycles. The number of fused-ring (bicyclic) bond motifs is 3. The molecule has 4 heteroatoms. The van der Waals surface area contributed by atoms with Crippen molar-refractivity contribution < 1.29 is 0 Å². The molecule has 0 saturated heterocycles. The Bertz CT molecular complexity index is 1180. The molecule has 1 aliphatic rings. The minimum atomic E-state index is -0.207. The second-order valence-corrected chi connectivity index (χ2v) is 7.88. The first-order valence-electron chi connectivity index (χ1n) is 9.25. The maximum Gasteiger partial charge on any atom is 0.161 e.